The van der Waals surface area contributed by atoms with E-state index >= 15 is 0 Å². The van der Waals surface area contributed by atoms with Gasteiger partial charge in [-0.15, -0.1) is 0 Å². The molecule has 0 aliphatic heterocycles. The molecule has 1 aromatic heterocycles. The van der Waals surface area contributed by atoms with Crippen LogP contribution in [0.4, 0.5) is 0 Å². The quantitative estimate of drug-likeness (QED) is 0.660. The zero-order valence-corrected chi connectivity index (χ0v) is 8.46. The summed E-state index contributed by atoms with van der Waals surface area (Å²) in [6.45, 7) is 9.88. The van der Waals surface area contributed by atoms with E-state index in [4.69, 9.17) is 0 Å². The standard InChI is InChI=1S/C10H18N2/c1-9-7-12(8-11-9)6-5-10(2,3)4/h7-8H,5-6H2,1-4H3. The summed E-state index contributed by atoms with van der Waals surface area (Å²) in [6.07, 6.45) is 5.19. The number of nitrogens with zero attached hydrogens (tertiary/aromatic N) is 2. The van der Waals surface area contributed by atoms with Crippen LogP contribution in [0.5, 0.6) is 0 Å². The minimum absolute atomic E-state index is 0.415. The summed E-state index contributed by atoms with van der Waals surface area (Å²) in [5.74, 6) is 0. The highest BCUT2D eigenvalue weighted by molar-refractivity contribution is 4.92. The van der Waals surface area contributed by atoms with Gasteiger partial charge in [-0.2, -0.15) is 0 Å². The van der Waals surface area contributed by atoms with Gasteiger partial charge in [-0.1, -0.05) is 20.8 Å². The van der Waals surface area contributed by atoms with Crippen LogP contribution < -0.4 is 0 Å². The molecule has 0 aliphatic carbocycles. The summed E-state index contributed by atoms with van der Waals surface area (Å²) in [7, 11) is 0. The van der Waals surface area contributed by atoms with Crippen LogP contribution in [-0.2, 0) is 6.54 Å². The third-order valence-electron chi connectivity index (χ3n) is 1.88. The van der Waals surface area contributed by atoms with Crippen molar-refractivity contribution in [2.45, 2.75) is 40.7 Å². The van der Waals surface area contributed by atoms with Gasteiger partial charge in [-0.3, -0.25) is 0 Å². The fourth-order valence-corrected chi connectivity index (χ4v) is 1.06. The molecule has 0 spiro atoms. The number of hydrogen-bond acceptors (Lipinski definition) is 1. The van der Waals surface area contributed by atoms with Gasteiger partial charge in [-0.05, 0) is 18.8 Å². The smallest absolute Gasteiger partial charge is 0.0949 e. The minimum Gasteiger partial charge on any atom is -0.337 e. The average Bonchev–Trinajstić information content (AvgIpc) is 2.30. The number of imidazole rings is 1. The van der Waals surface area contributed by atoms with E-state index in [9.17, 15) is 0 Å². The van der Waals surface area contributed by atoms with Crippen LogP contribution in [0, 0.1) is 12.3 Å². The predicted molar refractivity (Wildman–Crippen MR) is 51.0 cm³/mol. The van der Waals surface area contributed by atoms with Crippen LogP contribution in [0.1, 0.15) is 32.9 Å². The molecule has 68 valence electrons. The van der Waals surface area contributed by atoms with Gasteiger partial charge >= 0.3 is 0 Å². The molecule has 1 heterocycles. The summed E-state index contributed by atoms with van der Waals surface area (Å²) >= 11 is 0. The molecule has 1 rings (SSSR count). The summed E-state index contributed by atoms with van der Waals surface area (Å²) in [4.78, 5) is 4.18. The maximum absolute atomic E-state index is 4.18. The number of aryl methyl sites for hydroxylation is 2. The Morgan fingerprint density at radius 2 is 2.08 bits per heavy atom. The van der Waals surface area contributed by atoms with Gasteiger partial charge in [0.15, 0.2) is 0 Å². The van der Waals surface area contributed by atoms with E-state index in [0.29, 0.717) is 5.41 Å². The first-order chi connectivity index (χ1) is 5.47. The van der Waals surface area contributed by atoms with E-state index in [1.54, 1.807) is 0 Å². The van der Waals surface area contributed by atoms with Gasteiger partial charge in [-0.25, -0.2) is 4.98 Å². The Labute approximate surface area is 74.6 Å². The molecule has 0 saturated heterocycles. The molecule has 0 aromatic carbocycles. The lowest BCUT2D eigenvalue weighted by molar-refractivity contribution is 0.350. The summed E-state index contributed by atoms with van der Waals surface area (Å²) in [5, 5.41) is 0. The predicted octanol–water partition coefficient (Wildman–Crippen LogP) is 2.63. The van der Waals surface area contributed by atoms with Gasteiger partial charge in [0.05, 0.1) is 12.0 Å². The Balaban J connectivity index is 2.44. The van der Waals surface area contributed by atoms with Crippen molar-refractivity contribution < 1.29 is 0 Å². The molecular formula is C10H18N2. The molecule has 1 aromatic rings. The number of rotatable bonds is 2. The lowest BCUT2D eigenvalue weighted by Gasteiger charge is -2.17. The lowest BCUT2D eigenvalue weighted by Crippen LogP contribution is -2.09. The Kier molecular flexibility index (Phi) is 2.55. The molecule has 2 heteroatoms. The monoisotopic (exact) mass is 166 g/mol. The molecule has 0 saturated carbocycles. The second-order valence-corrected chi connectivity index (χ2v) is 4.56. The summed E-state index contributed by atoms with van der Waals surface area (Å²) in [6, 6.07) is 0. The molecule has 2 nitrogen and oxygen atoms in total. The molecule has 0 amide bonds. The van der Waals surface area contributed by atoms with Crippen LogP contribution in [0.15, 0.2) is 12.5 Å². The molecular weight excluding hydrogens is 148 g/mol. The molecule has 0 fully saturated rings. The third kappa shape index (κ3) is 3.07. The van der Waals surface area contributed by atoms with E-state index in [1.807, 2.05) is 13.3 Å². The van der Waals surface area contributed by atoms with Gasteiger partial charge in [0.1, 0.15) is 0 Å². The van der Waals surface area contributed by atoms with Crippen LogP contribution in [-0.4, -0.2) is 9.55 Å². The van der Waals surface area contributed by atoms with Crippen molar-refractivity contribution in [2.24, 2.45) is 5.41 Å². The first-order valence-electron chi connectivity index (χ1n) is 4.46. The normalized spacial score (nSPS) is 12.0. The van der Waals surface area contributed by atoms with Crippen molar-refractivity contribution in [3.05, 3.63) is 18.2 Å². The van der Waals surface area contributed by atoms with E-state index in [1.165, 1.54) is 6.42 Å². The van der Waals surface area contributed by atoms with Gasteiger partial charge in [0.25, 0.3) is 0 Å². The zero-order valence-electron chi connectivity index (χ0n) is 8.46. The van der Waals surface area contributed by atoms with Gasteiger partial charge in [0.2, 0.25) is 0 Å². The SMILES string of the molecule is Cc1cn(CCC(C)(C)C)cn1. The summed E-state index contributed by atoms with van der Waals surface area (Å²) < 4.78 is 2.15. The second-order valence-electron chi connectivity index (χ2n) is 4.56. The Morgan fingerprint density at radius 3 is 2.50 bits per heavy atom. The van der Waals surface area contributed by atoms with E-state index in [2.05, 4.69) is 36.5 Å². The van der Waals surface area contributed by atoms with Crippen molar-refractivity contribution in [3.8, 4) is 0 Å². The van der Waals surface area contributed by atoms with E-state index < -0.39 is 0 Å². The highest BCUT2D eigenvalue weighted by atomic mass is 15.0. The molecule has 0 bridgehead atoms. The summed E-state index contributed by atoms with van der Waals surface area (Å²) in [5.41, 5.74) is 1.52. The van der Waals surface area contributed by atoms with Crippen molar-refractivity contribution >= 4 is 0 Å². The Bertz CT molecular complexity index is 243. The van der Waals surface area contributed by atoms with Crippen molar-refractivity contribution in [1.82, 2.24) is 9.55 Å². The van der Waals surface area contributed by atoms with E-state index in [-0.39, 0.29) is 0 Å². The second kappa shape index (κ2) is 3.30. The number of hydrogen-bond donors (Lipinski definition) is 0. The number of aromatic nitrogens is 2. The zero-order chi connectivity index (χ0) is 9.19. The first kappa shape index (κ1) is 9.30. The van der Waals surface area contributed by atoms with Crippen LogP contribution in [0.25, 0.3) is 0 Å². The topological polar surface area (TPSA) is 17.8 Å². The largest absolute Gasteiger partial charge is 0.337 e. The Morgan fingerprint density at radius 1 is 1.42 bits per heavy atom. The van der Waals surface area contributed by atoms with Crippen LogP contribution in [0.2, 0.25) is 0 Å². The van der Waals surface area contributed by atoms with Crippen LogP contribution >= 0.6 is 0 Å². The Hall–Kier alpha value is -0.790. The molecule has 0 aliphatic rings. The third-order valence-corrected chi connectivity index (χ3v) is 1.88. The maximum Gasteiger partial charge on any atom is 0.0949 e. The molecule has 0 N–H and O–H groups in total. The first-order valence-corrected chi connectivity index (χ1v) is 4.46. The fourth-order valence-electron chi connectivity index (χ4n) is 1.06. The minimum atomic E-state index is 0.415. The van der Waals surface area contributed by atoms with Gasteiger partial charge < -0.3 is 4.57 Å². The highest BCUT2D eigenvalue weighted by Crippen LogP contribution is 2.19. The molecule has 0 atom stereocenters. The highest BCUT2D eigenvalue weighted by Gasteiger charge is 2.09. The molecule has 0 radical (unpaired) electrons. The van der Waals surface area contributed by atoms with Crippen molar-refractivity contribution in [3.63, 3.8) is 0 Å². The van der Waals surface area contributed by atoms with Crippen molar-refractivity contribution in [2.75, 3.05) is 0 Å². The molecule has 0 unspecified atom stereocenters. The fraction of sp³-hybridized carbons (Fsp3) is 0.700. The van der Waals surface area contributed by atoms with Gasteiger partial charge in [0, 0.05) is 12.7 Å². The molecule has 12 heavy (non-hydrogen) atoms. The maximum atomic E-state index is 4.18. The lowest BCUT2D eigenvalue weighted by atomic mass is 9.92. The van der Waals surface area contributed by atoms with Crippen LogP contribution in [0.3, 0.4) is 0 Å². The van der Waals surface area contributed by atoms with E-state index in [0.717, 1.165) is 12.2 Å². The van der Waals surface area contributed by atoms with Crippen molar-refractivity contribution in [1.29, 1.82) is 0 Å². The average molecular weight is 166 g/mol.